The summed E-state index contributed by atoms with van der Waals surface area (Å²) in [6.07, 6.45) is 6.91. The summed E-state index contributed by atoms with van der Waals surface area (Å²) in [6.45, 7) is 18.2. The Labute approximate surface area is 133 Å². The van der Waals surface area contributed by atoms with Crippen LogP contribution in [-0.2, 0) is 0 Å². The number of rotatable bonds is 3. The molecule has 3 atom stereocenters. The number of nitrogens with one attached hydrogen (secondary N) is 1. The lowest BCUT2D eigenvalue weighted by atomic mass is 9.68. The summed E-state index contributed by atoms with van der Waals surface area (Å²) in [5.74, 6) is 0.877. The van der Waals surface area contributed by atoms with Crippen molar-refractivity contribution in [2.75, 3.05) is 19.6 Å². The van der Waals surface area contributed by atoms with Crippen LogP contribution in [0.1, 0.15) is 73.6 Å². The van der Waals surface area contributed by atoms with Gasteiger partial charge in [-0.25, -0.2) is 0 Å². The molecule has 1 aliphatic heterocycles. The van der Waals surface area contributed by atoms with Crippen molar-refractivity contribution < 1.29 is 0 Å². The molecule has 0 radical (unpaired) electrons. The molecule has 1 N–H and O–H groups in total. The van der Waals surface area contributed by atoms with Crippen molar-refractivity contribution in [1.29, 1.82) is 0 Å². The van der Waals surface area contributed by atoms with Crippen LogP contribution in [0.25, 0.3) is 0 Å². The number of hydrogen-bond acceptors (Lipinski definition) is 2. The first-order valence-corrected chi connectivity index (χ1v) is 9.20. The summed E-state index contributed by atoms with van der Waals surface area (Å²) in [4.78, 5) is 2.83. The number of likely N-dealkylation sites (tertiary alicyclic amines) is 1. The second-order valence-electron chi connectivity index (χ2n) is 9.35. The lowest BCUT2D eigenvalue weighted by Crippen LogP contribution is -2.57. The van der Waals surface area contributed by atoms with Gasteiger partial charge in [-0.1, -0.05) is 41.5 Å². The predicted octanol–water partition coefficient (Wildman–Crippen LogP) is 4.30. The second kappa shape index (κ2) is 6.58. The SMILES string of the molecule is CCNC1CCC(C(C)(C)C)CC1N1CCCC(C)(C)C1. The minimum absolute atomic E-state index is 0.459. The Morgan fingerprint density at radius 1 is 1.19 bits per heavy atom. The molecule has 0 aromatic carbocycles. The zero-order valence-corrected chi connectivity index (χ0v) is 15.3. The molecule has 2 rings (SSSR count). The van der Waals surface area contributed by atoms with Gasteiger partial charge in [-0.2, -0.15) is 0 Å². The predicted molar refractivity (Wildman–Crippen MR) is 92.6 cm³/mol. The zero-order valence-electron chi connectivity index (χ0n) is 15.3. The molecule has 2 aliphatic rings. The summed E-state index contributed by atoms with van der Waals surface area (Å²) in [7, 11) is 0. The molecular weight excluding hydrogens is 256 g/mol. The van der Waals surface area contributed by atoms with Gasteiger partial charge < -0.3 is 5.32 Å². The molecule has 21 heavy (non-hydrogen) atoms. The highest BCUT2D eigenvalue weighted by Gasteiger charge is 2.40. The van der Waals surface area contributed by atoms with Crippen molar-refractivity contribution in [1.82, 2.24) is 10.2 Å². The maximum Gasteiger partial charge on any atom is 0.0252 e. The molecule has 0 spiro atoms. The van der Waals surface area contributed by atoms with E-state index in [1.165, 1.54) is 45.2 Å². The van der Waals surface area contributed by atoms with E-state index in [1.54, 1.807) is 0 Å². The highest BCUT2D eigenvalue weighted by molar-refractivity contribution is 4.96. The lowest BCUT2D eigenvalue weighted by molar-refractivity contribution is 0.0142. The van der Waals surface area contributed by atoms with Crippen LogP contribution in [0.5, 0.6) is 0 Å². The van der Waals surface area contributed by atoms with Gasteiger partial charge in [0.05, 0.1) is 0 Å². The van der Waals surface area contributed by atoms with Crippen molar-refractivity contribution in [2.24, 2.45) is 16.7 Å². The molecular formula is C19H38N2. The maximum absolute atomic E-state index is 3.79. The molecule has 0 aromatic rings. The second-order valence-corrected chi connectivity index (χ2v) is 9.35. The Morgan fingerprint density at radius 2 is 1.90 bits per heavy atom. The van der Waals surface area contributed by atoms with Crippen LogP contribution >= 0.6 is 0 Å². The van der Waals surface area contributed by atoms with Gasteiger partial charge in [-0.15, -0.1) is 0 Å². The fourth-order valence-corrected chi connectivity index (χ4v) is 4.59. The molecule has 1 saturated heterocycles. The van der Waals surface area contributed by atoms with Crippen LogP contribution in [0, 0.1) is 16.7 Å². The van der Waals surface area contributed by atoms with Gasteiger partial charge in [-0.3, -0.25) is 4.90 Å². The van der Waals surface area contributed by atoms with Crippen molar-refractivity contribution >= 4 is 0 Å². The molecule has 2 nitrogen and oxygen atoms in total. The average Bonchev–Trinajstić information content (AvgIpc) is 2.37. The van der Waals surface area contributed by atoms with E-state index in [9.17, 15) is 0 Å². The lowest BCUT2D eigenvalue weighted by Gasteiger charge is -2.50. The van der Waals surface area contributed by atoms with Crippen LogP contribution in [0.4, 0.5) is 0 Å². The summed E-state index contributed by atoms with van der Waals surface area (Å²) < 4.78 is 0. The van der Waals surface area contributed by atoms with E-state index in [0.717, 1.165) is 18.5 Å². The highest BCUT2D eigenvalue weighted by Crippen LogP contribution is 2.41. The molecule has 1 aliphatic carbocycles. The van der Waals surface area contributed by atoms with Gasteiger partial charge in [0.2, 0.25) is 0 Å². The first kappa shape index (κ1) is 17.3. The van der Waals surface area contributed by atoms with Gasteiger partial charge in [0.25, 0.3) is 0 Å². The van der Waals surface area contributed by atoms with Crippen LogP contribution < -0.4 is 5.32 Å². The van der Waals surface area contributed by atoms with Crippen molar-refractivity contribution in [3.8, 4) is 0 Å². The minimum Gasteiger partial charge on any atom is -0.313 e. The standard InChI is InChI=1S/C19H38N2/c1-7-20-16-10-9-15(18(2,3)4)13-17(16)21-12-8-11-19(5,6)14-21/h15-17,20H,7-14H2,1-6H3. The Kier molecular flexibility index (Phi) is 5.41. The molecule has 3 unspecified atom stereocenters. The third kappa shape index (κ3) is 4.45. The van der Waals surface area contributed by atoms with Gasteiger partial charge in [0.1, 0.15) is 0 Å². The third-order valence-electron chi connectivity index (χ3n) is 5.91. The molecule has 2 fully saturated rings. The number of likely N-dealkylation sites (N-methyl/N-ethyl adjacent to an activating group) is 1. The van der Waals surface area contributed by atoms with Crippen LogP contribution in [0.15, 0.2) is 0 Å². The highest BCUT2D eigenvalue weighted by atomic mass is 15.2. The molecule has 124 valence electrons. The minimum atomic E-state index is 0.459. The van der Waals surface area contributed by atoms with E-state index >= 15 is 0 Å². The first-order valence-electron chi connectivity index (χ1n) is 9.20. The van der Waals surface area contributed by atoms with Gasteiger partial charge in [0.15, 0.2) is 0 Å². The summed E-state index contributed by atoms with van der Waals surface area (Å²) >= 11 is 0. The topological polar surface area (TPSA) is 15.3 Å². The van der Waals surface area contributed by atoms with E-state index in [-0.39, 0.29) is 0 Å². The first-order chi connectivity index (χ1) is 9.73. The maximum atomic E-state index is 3.79. The molecule has 1 heterocycles. The fourth-order valence-electron chi connectivity index (χ4n) is 4.59. The Morgan fingerprint density at radius 3 is 2.48 bits per heavy atom. The number of piperidine rings is 1. The van der Waals surface area contributed by atoms with Crippen molar-refractivity contribution in [2.45, 2.75) is 85.7 Å². The molecule has 0 bridgehead atoms. The average molecular weight is 295 g/mol. The van der Waals surface area contributed by atoms with Crippen LogP contribution in [0.2, 0.25) is 0 Å². The smallest absolute Gasteiger partial charge is 0.0252 e. The summed E-state index contributed by atoms with van der Waals surface area (Å²) in [5, 5.41) is 3.79. The third-order valence-corrected chi connectivity index (χ3v) is 5.91. The van der Waals surface area contributed by atoms with Crippen LogP contribution in [0.3, 0.4) is 0 Å². The summed E-state index contributed by atoms with van der Waals surface area (Å²) in [6, 6.07) is 1.46. The van der Waals surface area contributed by atoms with Crippen molar-refractivity contribution in [3.05, 3.63) is 0 Å². The van der Waals surface area contributed by atoms with E-state index in [1.807, 2.05) is 0 Å². The van der Waals surface area contributed by atoms with Crippen molar-refractivity contribution in [3.63, 3.8) is 0 Å². The van der Waals surface area contributed by atoms with E-state index in [0.29, 0.717) is 16.9 Å². The summed E-state index contributed by atoms with van der Waals surface area (Å²) in [5.41, 5.74) is 0.963. The fraction of sp³-hybridized carbons (Fsp3) is 1.00. The van der Waals surface area contributed by atoms with Crippen LogP contribution in [-0.4, -0.2) is 36.6 Å². The Bertz CT molecular complexity index is 326. The van der Waals surface area contributed by atoms with Gasteiger partial charge >= 0.3 is 0 Å². The van der Waals surface area contributed by atoms with Gasteiger partial charge in [0, 0.05) is 18.6 Å². The molecule has 0 aromatic heterocycles. The normalized spacial score (nSPS) is 34.9. The quantitative estimate of drug-likeness (QED) is 0.835. The molecule has 1 saturated carbocycles. The number of nitrogens with zero attached hydrogens (tertiary/aromatic N) is 1. The monoisotopic (exact) mass is 294 g/mol. The van der Waals surface area contributed by atoms with Gasteiger partial charge in [-0.05, 0) is 61.9 Å². The van der Waals surface area contributed by atoms with E-state index < -0.39 is 0 Å². The molecule has 0 amide bonds. The van der Waals surface area contributed by atoms with E-state index in [4.69, 9.17) is 0 Å². The van der Waals surface area contributed by atoms with E-state index in [2.05, 4.69) is 51.8 Å². The number of hydrogen-bond donors (Lipinski definition) is 1. The molecule has 2 heteroatoms. The Balaban J connectivity index is 2.10. The Hall–Kier alpha value is -0.0800. The largest absolute Gasteiger partial charge is 0.313 e. The zero-order chi connectivity index (χ0) is 15.7.